The van der Waals surface area contributed by atoms with E-state index in [0.29, 0.717) is 17.3 Å². The summed E-state index contributed by atoms with van der Waals surface area (Å²) >= 11 is 6.18. The van der Waals surface area contributed by atoms with Crippen LogP contribution in [0, 0.1) is 0 Å². The van der Waals surface area contributed by atoms with Crippen molar-refractivity contribution in [2.45, 2.75) is 24.9 Å². The monoisotopic (exact) mass is 406 g/mol. The third-order valence-electron chi connectivity index (χ3n) is 5.23. The maximum Gasteiger partial charge on any atom is 0.234 e. The minimum atomic E-state index is -0.319. The van der Waals surface area contributed by atoms with Gasteiger partial charge in [-0.3, -0.25) is 9.78 Å². The van der Waals surface area contributed by atoms with Gasteiger partial charge < -0.3 is 9.64 Å². The van der Waals surface area contributed by atoms with Gasteiger partial charge in [0.15, 0.2) is 0 Å². The molecule has 4 rings (SSSR count). The molecule has 1 aromatic heterocycles. The van der Waals surface area contributed by atoms with Crippen molar-refractivity contribution < 1.29 is 9.53 Å². The Morgan fingerprint density at radius 1 is 1.03 bits per heavy atom. The molecule has 2 heterocycles. The van der Waals surface area contributed by atoms with Crippen molar-refractivity contribution in [3.63, 3.8) is 0 Å². The molecule has 0 N–H and O–H groups in total. The number of pyridine rings is 1. The van der Waals surface area contributed by atoms with E-state index in [0.717, 1.165) is 30.5 Å². The molecule has 1 fully saturated rings. The van der Waals surface area contributed by atoms with Crippen LogP contribution in [0.1, 0.15) is 29.9 Å². The van der Waals surface area contributed by atoms with Crippen LogP contribution in [0.4, 0.5) is 0 Å². The molecule has 1 saturated heterocycles. The normalized spacial score (nSPS) is 16.6. The van der Waals surface area contributed by atoms with Crippen molar-refractivity contribution in [1.82, 2.24) is 9.88 Å². The highest BCUT2D eigenvalue weighted by atomic mass is 35.5. The molecule has 148 valence electrons. The van der Waals surface area contributed by atoms with Crippen molar-refractivity contribution in [1.29, 1.82) is 0 Å². The number of nitrogens with zero attached hydrogens (tertiary/aromatic N) is 2. The second kappa shape index (κ2) is 9.10. The molecule has 1 aliphatic rings. The van der Waals surface area contributed by atoms with E-state index in [4.69, 9.17) is 16.3 Å². The van der Waals surface area contributed by atoms with Gasteiger partial charge in [-0.2, -0.15) is 0 Å². The molecule has 0 aliphatic carbocycles. The summed E-state index contributed by atoms with van der Waals surface area (Å²) in [5.41, 5.74) is 2.01. The largest absolute Gasteiger partial charge is 0.487 e. The lowest BCUT2D eigenvalue weighted by Crippen LogP contribution is -2.46. The van der Waals surface area contributed by atoms with E-state index in [1.165, 1.54) is 0 Å². The van der Waals surface area contributed by atoms with Crippen molar-refractivity contribution in [2.24, 2.45) is 0 Å². The number of benzene rings is 2. The van der Waals surface area contributed by atoms with E-state index in [1.54, 1.807) is 18.5 Å². The van der Waals surface area contributed by atoms with Crippen molar-refractivity contribution >= 4 is 17.5 Å². The van der Waals surface area contributed by atoms with Crippen LogP contribution in [0.25, 0.3) is 0 Å². The van der Waals surface area contributed by atoms with E-state index in [9.17, 15) is 4.79 Å². The summed E-state index contributed by atoms with van der Waals surface area (Å²) in [5, 5.41) is 0.488. The molecule has 4 nitrogen and oxygen atoms in total. The number of likely N-dealkylation sites (tertiary alicyclic amines) is 1. The summed E-state index contributed by atoms with van der Waals surface area (Å²) in [5.74, 6) is 0.404. The molecule has 0 radical (unpaired) electrons. The Balaban J connectivity index is 1.55. The lowest BCUT2D eigenvalue weighted by Gasteiger charge is -2.35. The first-order valence-electron chi connectivity index (χ1n) is 9.87. The Kier molecular flexibility index (Phi) is 6.11. The zero-order valence-electron chi connectivity index (χ0n) is 16.1. The summed E-state index contributed by atoms with van der Waals surface area (Å²) in [6.07, 6.45) is 4.94. The van der Waals surface area contributed by atoms with Gasteiger partial charge in [-0.15, -0.1) is 0 Å². The standard InChI is InChI=1S/C24H23ClN2O2/c25-21-16-26-14-13-22(21)29-20-12-7-15-27(17-20)24(28)23(18-8-3-1-4-9-18)19-10-5-2-6-11-19/h1-6,8-11,13-14,16,20,23H,7,12,15,17H2. The van der Waals surface area contributed by atoms with Gasteiger partial charge >= 0.3 is 0 Å². The van der Waals surface area contributed by atoms with E-state index in [1.807, 2.05) is 65.6 Å². The van der Waals surface area contributed by atoms with Gasteiger partial charge in [-0.05, 0) is 24.0 Å². The molecular formula is C24H23ClN2O2. The Labute approximate surface area is 176 Å². The third kappa shape index (κ3) is 4.60. The molecule has 1 atom stereocenters. The average molecular weight is 407 g/mol. The number of rotatable bonds is 5. The first-order chi connectivity index (χ1) is 14.2. The fourth-order valence-corrected chi connectivity index (χ4v) is 3.99. The zero-order valence-corrected chi connectivity index (χ0v) is 16.8. The van der Waals surface area contributed by atoms with E-state index in [2.05, 4.69) is 4.98 Å². The van der Waals surface area contributed by atoms with E-state index in [-0.39, 0.29) is 17.9 Å². The molecule has 0 saturated carbocycles. The number of hydrogen-bond acceptors (Lipinski definition) is 3. The van der Waals surface area contributed by atoms with Crippen LogP contribution in [-0.2, 0) is 4.79 Å². The second-order valence-corrected chi connectivity index (χ2v) is 7.63. The van der Waals surface area contributed by atoms with E-state index >= 15 is 0 Å². The topological polar surface area (TPSA) is 42.4 Å². The van der Waals surface area contributed by atoms with Gasteiger partial charge in [0.1, 0.15) is 16.9 Å². The molecule has 1 amide bonds. The predicted molar refractivity (Wildman–Crippen MR) is 114 cm³/mol. The van der Waals surface area contributed by atoms with Crippen LogP contribution in [0.5, 0.6) is 5.75 Å². The summed E-state index contributed by atoms with van der Waals surface area (Å²) < 4.78 is 6.09. The first-order valence-corrected chi connectivity index (χ1v) is 10.2. The summed E-state index contributed by atoms with van der Waals surface area (Å²) in [6, 6.07) is 21.7. The number of ether oxygens (including phenoxy) is 1. The van der Waals surface area contributed by atoms with Crippen molar-refractivity contribution in [3.8, 4) is 5.75 Å². The predicted octanol–water partition coefficient (Wildman–Crippen LogP) is 4.94. The van der Waals surface area contributed by atoms with Crippen LogP contribution in [0.3, 0.4) is 0 Å². The quantitative estimate of drug-likeness (QED) is 0.602. The van der Waals surface area contributed by atoms with Crippen LogP contribution < -0.4 is 4.74 Å². The van der Waals surface area contributed by atoms with Gasteiger partial charge in [0, 0.05) is 25.0 Å². The third-order valence-corrected chi connectivity index (χ3v) is 5.52. The number of halogens is 1. The minimum absolute atomic E-state index is 0.0835. The summed E-state index contributed by atoms with van der Waals surface area (Å²) in [7, 11) is 0. The highest BCUT2D eigenvalue weighted by molar-refractivity contribution is 6.31. The molecular weight excluding hydrogens is 384 g/mol. The van der Waals surface area contributed by atoms with Crippen molar-refractivity contribution in [2.75, 3.05) is 13.1 Å². The summed E-state index contributed by atoms with van der Waals surface area (Å²) in [6.45, 7) is 1.28. The number of hydrogen-bond donors (Lipinski definition) is 0. The minimum Gasteiger partial charge on any atom is -0.487 e. The number of amides is 1. The maximum atomic E-state index is 13.6. The number of carbonyl (C=O) groups is 1. The average Bonchev–Trinajstić information content (AvgIpc) is 2.77. The smallest absolute Gasteiger partial charge is 0.234 e. The molecule has 29 heavy (non-hydrogen) atoms. The Hall–Kier alpha value is -2.85. The molecule has 3 aromatic rings. The molecule has 0 bridgehead atoms. The van der Waals surface area contributed by atoms with Crippen LogP contribution in [-0.4, -0.2) is 35.0 Å². The highest BCUT2D eigenvalue weighted by Gasteiger charge is 2.31. The first kappa shape index (κ1) is 19.5. The number of carbonyl (C=O) groups excluding carboxylic acids is 1. The van der Waals surface area contributed by atoms with Gasteiger partial charge in [0.25, 0.3) is 0 Å². The van der Waals surface area contributed by atoms with Gasteiger partial charge in [-0.1, -0.05) is 72.3 Å². The Morgan fingerprint density at radius 2 is 1.69 bits per heavy atom. The van der Waals surface area contributed by atoms with Crippen molar-refractivity contribution in [3.05, 3.63) is 95.3 Å². The molecule has 1 unspecified atom stereocenters. The summed E-state index contributed by atoms with van der Waals surface area (Å²) in [4.78, 5) is 19.5. The molecule has 0 spiro atoms. The Morgan fingerprint density at radius 3 is 2.31 bits per heavy atom. The fraction of sp³-hybridized carbons (Fsp3) is 0.250. The van der Waals surface area contributed by atoms with Crippen LogP contribution in [0.2, 0.25) is 5.02 Å². The maximum absolute atomic E-state index is 13.6. The number of piperidine rings is 1. The lowest BCUT2D eigenvalue weighted by atomic mass is 9.89. The number of aromatic nitrogens is 1. The van der Waals surface area contributed by atoms with Gasteiger partial charge in [-0.25, -0.2) is 0 Å². The van der Waals surface area contributed by atoms with Gasteiger partial charge in [0.2, 0.25) is 5.91 Å². The van der Waals surface area contributed by atoms with Crippen LogP contribution in [0.15, 0.2) is 79.1 Å². The molecule has 5 heteroatoms. The second-order valence-electron chi connectivity index (χ2n) is 7.23. The van der Waals surface area contributed by atoms with E-state index < -0.39 is 0 Å². The molecule has 2 aromatic carbocycles. The Bertz CT molecular complexity index is 910. The lowest BCUT2D eigenvalue weighted by molar-refractivity contribution is -0.134. The SMILES string of the molecule is O=C(C(c1ccccc1)c1ccccc1)N1CCCC(Oc2ccncc2Cl)C1. The zero-order chi connectivity index (χ0) is 20.1. The van der Waals surface area contributed by atoms with Crippen LogP contribution >= 0.6 is 11.6 Å². The fourth-order valence-electron chi connectivity index (χ4n) is 3.82. The van der Waals surface area contributed by atoms with Gasteiger partial charge in [0.05, 0.1) is 12.5 Å². The highest BCUT2D eigenvalue weighted by Crippen LogP contribution is 2.30. The molecule has 1 aliphatic heterocycles.